The fourth-order valence-electron chi connectivity index (χ4n) is 1.30. The molecule has 4 N–H and O–H groups in total. The van der Waals surface area contributed by atoms with E-state index in [4.69, 9.17) is 11.0 Å². The second-order valence-electron chi connectivity index (χ2n) is 3.61. The van der Waals surface area contributed by atoms with E-state index >= 15 is 0 Å². The maximum atomic E-state index is 11.8. The number of carbonyl (C=O) groups is 1. The maximum Gasteiger partial charge on any atom is 0.275 e. The fourth-order valence-corrected chi connectivity index (χ4v) is 1.30. The van der Waals surface area contributed by atoms with Crippen molar-refractivity contribution in [3.63, 3.8) is 0 Å². The van der Waals surface area contributed by atoms with E-state index in [-0.39, 0.29) is 11.5 Å². The number of carbonyl (C=O) groups excluding carboxylic acids is 1. The van der Waals surface area contributed by atoms with Gasteiger partial charge in [0.25, 0.3) is 5.91 Å². The highest BCUT2D eigenvalue weighted by Crippen LogP contribution is 2.18. The Morgan fingerprint density at radius 3 is 2.83 bits per heavy atom. The molecule has 90 valence electrons. The van der Waals surface area contributed by atoms with Gasteiger partial charge in [0, 0.05) is 6.20 Å². The summed E-state index contributed by atoms with van der Waals surface area (Å²) in [7, 11) is 0. The van der Waals surface area contributed by atoms with Gasteiger partial charge in [0.2, 0.25) is 0 Å². The molecule has 2 rings (SSSR count). The summed E-state index contributed by atoms with van der Waals surface area (Å²) >= 11 is 0. The molecule has 0 aromatic carbocycles. The number of H-pyrrole nitrogens is 1. The first-order chi connectivity index (χ1) is 8.61. The summed E-state index contributed by atoms with van der Waals surface area (Å²) in [6.07, 6.45) is 1.33. The third kappa shape index (κ3) is 2.12. The molecule has 0 aliphatic rings. The lowest BCUT2D eigenvalue weighted by Gasteiger charge is -2.02. The lowest BCUT2D eigenvalue weighted by Crippen LogP contribution is -2.14. The van der Waals surface area contributed by atoms with Crippen molar-refractivity contribution in [2.75, 3.05) is 11.1 Å². The summed E-state index contributed by atoms with van der Waals surface area (Å²) in [5.74, 6) is -0.165. The minimum atomic E-state index is -0.433. The predicted molar refractivity (Wildman–Crippen MR) is 64.6 cm³/mol. The van der Waals surface area contributed by atoms with Gasteiger partial charge in [-0.1, -0.05) is 0 Å². The van der Waals surface area contributed by atoms with Crippen LogP contribution in [0.5, 0.6) is 0 Å². The van der Waals surface area contributed by atoms with Crippen molar-refractivity contribution >= 4 is 17.4 Å². The first kappa shape index (κ1) is 11.6. The molecule has 18 heavy (non-hydrogen) atoms. The van der Waals surface area contributed by atoms with Crippen LogP contribution in [0.2, 0.25) is 0 Å². The van der Waals surface area contributed by atoms with Gasteiger partial charge in [0.1, 0.15) is 11.8 Å². The smallest absolute Gasteiger partial charge is 0.275 e. The second kappa shape index (κ2) is 4.55. The Hall–Kier alpha value is -2.88. The number of nitrogens with one attached hydrogen (secondary N) is 2. The number of nitriles is 1. The molecule has 0 bridgehead atoms. The number of aromatic amines is 1. The number of aryl methyl sites for hydroxylation is 1. The molecule has 7 nitrogen and oxygen atoms in total. The number of rotatable bonds is 2. The Labute approximate surface area is 103 Å². The number of anilines is 2. The molecule has 2 aromatic heterocycles. The van der Waals surface area contributed by atoms with Crippen LogP contribution in [0.3, 0.4) is 0 Å². The van der Waals surface area contributed by atoms with Gasteiger partial charge in [-0.3, -0.25) is 9.89 Å². The van der Waals surface area contributed by atoms with Crippen LogP contribution in [-0.4, -0.2) is 21.1 Å². The number of nitrogen functional groups attached to an aromatic ring is 1. The van der Waals surface area contributed by atoms with Crippen LogP contribution in [0.4, 0.5) is 11.5 Å². The lowest BCUT2D eigenvalue weighted by molar-refractivity contribution is 0.102. The Balaban J connectivity index is 2.17. The predicted octanol–water partition coefficient (Wildman–Crippen LogP) is 0.819. The largest absolute Gasteiger partial charge is 0.394 e. The Morgan fingerprint density at radius 2 is 2.33 bits per heavy atom. The van der Waals surface area contributed by atoms with Gasteiger partial charge < -0.3 is 11.1 Å². The molecule has 2 heterocycles. The number of aromatic nitrogens is 3. The highest BCUT2D eigenvalue weighted by Gasteiger charge is 2.12. The fraction of sp³-hybridized carbons (Fsp3) is 0.0909. The second-order valence-corrected chi connectivity index (χ2v) is 3.61. The number of pyridine rings is 1. The van der Waals surface area contributed by atoms with Gasteiger partial charge in [-0.05, 0) is 19.1 Å². The first-order valence-corrected chi connectivity index (χ1v) is 5.09. The normalized spacial score (nSPS) is 9.78. The van der Waals surface area contributed by atoms with Gasteiger partial charge >= 0.3 is 0 Å². The van der Waals surface area contributed by atoms with E-state index in [1.54, 1.807) is 6.92 Å². The summed E-state index contributed by atoms with van der Waals surface area (Å²) in [4.78, 5) is 15.7. The maximum absolute atomic E-state index is 11.8. The van der Waals surface area contributed by atoms with E-state index in [9.17, 15) is 4.79 Å². The SMILES string of the molecule is Cc1[nH]nc(NC(=O)c2ccc(C#N)cn2)c1N. The molecule has 0 aliphatic carbocycles. The molecule has 0 saturated heterocycles. The monoisotopic (exact) mass is 242 g/mol. The molecule has 0 saturated carbocycles. The first-order valence-electron chi connectivity index (χ1n) is 5.09. The van der Waals surface area contributed by atoms with Crippen molar-refractivity contribution in [2.45, 2.75) is 6.92 Å². The zero-order valence-corrected chi connectivity index (χ0v) is 9.56. The molecule has 0 atom stereocenters. The van der Waals surface area contributed by atoms with Crippen LogP contribution in [0.15, 0.2) is 18.3 Å². The number of amides is 1. The van der Waals surface area contributed by atoms with Crippen LogP contribution >= 0.6 is 0 Å². The van der Waals surface area contributed by atoms with Crippen molar-refractivity contribution in [1.29, 1.82) is 5.26 Å². The van der Waals surface area contributed by atoms with Crippen LogP contribution in [0.25, 0.3) is 0 Å². The lowest BCUT2D eigenvalue weighted by atomic mass is 10.2. The van der Waals surface area contributed by atoms with E-state index in [1.807, 2.05) is 6.07 Å². The summed E-state index contributed by atoms with van der Waals surface area (Å²) < 4.78 is 0. The van der Waals surface area contributed by atoms with Crippen molar-refractivity contribution in [1.82, 2.24) is 15.2 Å². The van der Waals surface area contributed by atoms with Crippen LogP contribution in [0.1, 0.15) is 21.7 Å². The summed E-state index contributed by atoms with van der Waals surface area (Å²) in [6.45, 7) is 1.75. The molecule has 0 fully saturated rings. The summed E-state index contributed by atoms with van der Waals surface area (Å²) in [5, 5.41) is 17.7. The van der Waals surface area contributed by atoms with Crippen molar-refractivity contribution in [2.24, 2.45) is 0 Å². The van der Waals surface area contributed by atoms with E-state index in [2.05, 4.69) is 20.5 Å². The van der Waals surface area contributed by atoms with Gasteiger partial charge in [-0.15, -0.1) is 0 Å². The molecule has 1 amide bonds. The third-order valence-corrected chi connectivity index (χ3v) is 2.35. The third-order valence-electron chi connectivity index (χ3n) is 2.35. The number of nitrogens with zero attached hydrogens (tertiary/aromatic N) is 3. The molecule has 2 aromatic rings. The average Bonchev–Trinajstić information content (AvgIpc) is 2.71. The van der Waals surface area contributed by atoms with Crippen molar-refractivity contribution in [3.8, 4) is 6.07 Å². The molecule has 0 unspecified atom stereocenters. The van der Waals surface area contributed by atoms with Gasteiger partial charge in [0.05, 0.1) is 16.9 Å². The molecular formula is C11H10N6O. The number of hydrogen-bond donors (Lipinski definition) is 3. The van der Waals surface area contributed by atoms with Gasteiger partial charge in [0.15, 0.2) is 5.82 Å². The Bertz CT molecular complexity index is 622. The quantitative estimate of drug-likeness (QED) is 0.719. The molecule has 0 spiro atoms. The molecule has 0 aliphatic heterocycles. The van der Waals surface area contributed by atoms with Crippen molar-refractivity contribution in [3.05, 3.63) is 35.3 Å². The summed E-state index contributed by atoms with van der Waals surface area (Å²) in [6, 6.07) is 4.90. The minimum Gasteiger partial charge on any atom is -0.394 e. The number of nitrogens with two attached hydrogens (primary N) is 1. The van der Waals surface area contributed by atoms with Gasteiger partial charge in [-0.2, -0.15) is 10.4 Å². The number of hydrogen-bond acceptors (Lipinski definition) is 5. The highest BCUT2D eigenvalue weighted by atomic mass is 16.1. The zero-order valence-electron chi connectivity index (χ0n) is 9.56. The minimum absolute atomic E-state index is 0.189. The topological polar surface area (TPSA) is 120 Å². The van der Waals surface area contributed by atoms with E-state index in [0.29, 0.717) is 16.9 Å². The average molecular weight is 242 g/mol. The van der Waals surface area contributed by atoms with Crippen LogP contribution in [0, 0.1) is 18.3 Å². The van der Waals surface area contributed by atoms with Crippen LogP contribution < -0.4 is 11.1 Å². The molecule has 0 radical (unpaired) electrons. The zero-order chi connectivity index (χ0) is 13.1. The standard InChI is InChI=1S/C11H10N6O/c1-6-9(13)10(17-16-6)15-11(18)8-3-2-7(4-12)5-14-8/h2-3,5H,13H2,1H3,(H2,15,16,17,18). The Morgan fingerprint density at radius 1 is 1.56 bits per heavy atom. The molecular weight excluding hydrogens is 232 g/mol. The van der Waals surface area contributed by atoms with Crippen LogP contribution in [-0.2, 0) is 0 Å². The van der Waals surface area contributed by atoms with Gasteiger partial charge in [-0.25, -0.2) is 4.98 Å². The van der Waals surface area contributed by atoms with E-state index in [0.717, 1.165) is 0 Å². The Kier molecular flexibility index (Phi) is 2.93. The van der Waals surface area contributed by atoms with Crippen molar-refractivity contribution < 1.29 is 4.79 Å². The summed E-state index contributed by atoms with van der Waals surface area (Å²) in [5.41, 5.74) is 7.35. The highest BCUT2D eigenvalue weighted by molar-refractivity contribution is 6.03. The molecule has 7 heteroatoms. The van der Waals surface area contributed by atoms with E-state index < -0.39 is 5.91 Å². The van der Waals surface area contributed by atoms with E-state index in [1.165, 1.54) is 18.3 Å².